The number of imidazole rings is 1. The molecule has 0 spiro atoms. The summed E-state index contributed by atoms with van der Waals surface area (Å²) in [5.74, 6) is 1.29. The fraction of sp³-hybridized carbons (Fsp3) is 0.545. The van der Waals surface area contributed by atoms with Crippen LogP contribution in [0.15, 0.2) is 6.33 Å². The molecular weight excluding hydrogens is 238 g/mol. The Morgan fingerprint density at radius 3 is 2.82 bits per heavy atom. The maximum absolute atomic E-state index is 5.86. The molecule has 0 amide bonds. The van der Waals surface area contributed by atoms with Crippen molar-refractivity contribution in [2.45, 2.75) is 27.3 Å². The number of halogens is 1. The summed E-state index contributed by atoms with van der Waals surface area (Å²) < 4.78 is 2.06. The lowest BCUT2D eigenvalue weighted by molar-refractivity contribution is 0.533. The zero-order valence-electron chi connectivity index (χ0n) is 10.2. The molecule has 0 aliphatic carbocycles. The molecule has 92 valence electrons. The molecule has 0 radical (unpaired) electrons. The van der Waals surface area contributed by atoms with Crippen molar-refractivity contribution in [3.63, 3.8) is 0 Å². The largest absolute Gasteiger partial charge is 0.368 e. The first-order valence-electron chi connectivity index (χ1n) is 5.74. The van der Waals surface area contributed by atoms with Gasteiger partial charge < -0.3 is 9.88 Å². The molecule has 0 fully saturated rings. The Labute approximate surface area is 105 Å². The molecule has 0 aliphatic heterocycles. The van der Waals surface area contributed by atoms with Gasteiger partial charge in [0.05, 0.1) is 6.33 Å². The molecule has 0 aromatic carbocycles. The van der Waals surface area contributed by atoms with E-state index in [4.69, 9.17) is 11.6 Å². The summed E-state index contributed by atoms with van der Waals surface area (Å²) in [7, 11) is 0. The Hall–Kier alpha value is -1.36. The number of anilines is 1. The fourth-order valence-electron chi connectivity index (χ4n) is 1.78. The predicted molar refractivity (Wildman–Crippen MR) is 69.3 cm³/mol. The van der Waals surface area contributed by atoms with Crippen LogP contribution >= 0.6 is 11.6 Å². The summed E-state index contributed by atoms with van der Waals surface area (Å²) in [5.41, 5.74) is 1.56. The van der Waals surface area contributed by atoms with E-state index in [-0.39, 0.29) is 5.28 Å². The van der Waals surface area contributed by atoms with E-state index in [1.807, 2.05) is 6.92 Å². The van der Waals surface area contributed by atoms with Gasteiger partial charge in [-0.2, -0.15) is 9.97 Å². The molecule has 17 heavy (non-hydrogen) atoms. The molecule has 0 atom stereocenters. The smallest absolute Gasteiger partial charge is 0.226 e. The van der Waals surface area contributed by atoms with Crippen molar-refractivity contribution in [2.24, 2.45) is 5.92 Å². The number of rotatable bonds is 4. The molecule has 2 aromatic rings. The topological polar surface area (TPSA) is 55.6 Å². The average Bonchev–Trinajstić information content (AvgIpc) is 2.60. The standard InChI is InChI=1S/C11H16ClN5/c1-4-13-9-8-10(16-11(12)15-9)14-6-17(8)5-7(2)3/h6-7H,4-5H2,1-3H3,(H,13,15,16). The van der Waals surface area contributed by atoms with Crippen LogP contribution in [-0.4, -0.2) is 26.1 Å². The molecule has 2 aromatic heterocycles. The van der Waals surface area contributed by atoms with Crippen molar-refractivity contribution >= 4 is 28.6 Å². The van der Waals surface area contributed by atoms with Gasteiger partial charge >= 0.3 is 0 Å². The maximum atomic E-state index is 5.86. The monoisotopic (exact) mass is 253 g/mol. The second-order valence-corrected chi connectivity index (χ2v) is 4.67. The molecule has 5 nitrogen and oxygen atoms in total. The molecule has 0 bridgehead atoms. The Kier molecular flexibility index (Phi) is 3.47. The zero-order chi connectivity index (χ0) is 12.4. The lowest BCUT2D eigenvalue weighted by Crippen LogP contribution is -2.07. The molecule has 0 saturated carbocycles. The normalized spacial score (nSPS) is 11.4. The van der Waals surface area contributed by atoms with Crippen LogP contribution in [0, 0.1) is 5.92 Å². The third-order valence-electron chi connectivity index (χ3n) is 2.35. The predicted octanol–water partition coefficient (Wildman–Crippen LogP) is 2.57. The zero-order valence-corrected chi connectivity index (χ0v) is 11.0. The van der Waals surface area contributed by atoms with Crippen LogP contribution in [0.5, 0.6) is 0 Å². The number of hydrogen-bond donors (Lipinski definition) is 1. The number of nitrogens with zero attached hydrogens (tertiary/aromatic N) is 4. The van der Waals surface area contributed by atoms with Gasteiger partial charge in [-0.05, 0) is 24.4 Å². The number of aromatic nitrogens is 4. The van der Waals surface area contributed by atoms with Gasteiger partial charge in [0, 0.05) is 13.1 Å². The Morgan fingerprint density at radius 1 is 1.41 bits per heavy atom. The summed E-state index contributed by atoms with van der Waals surface area (Å²) in [6.45, 7) is 8.02. The van der Waals surface area contributed by atoms with Gasteiger partial charge in [0.25, 0.3) is 0 Å². The molecule has 0 unspecified atom stereocenters. The highest BCUT2D eigenvalue weighted by molar-refractivity contribution is 6.28. The van der Waals surface area contributed by atoms with E-state index in [0.29, 0.717) is 11.6 Å². The maximum Gasteiger partial charge on any atom is 0.226 e. The lowest BCUT2D eigenvalue weighted by Gasteiger charge is -2.10. The van der Waals surface area contributed by atoms with Crippen molar-refractivity contribution < 1.29 is 0 Å². The first-order chi connectivity index (χ1) is 8.11. The highest BCUT2D eigenvalue weighted by atomic mass is 35.5. The number of nitrogens with one attached hydrogen (secondary N) is 1. The van der Waals surface area contributed by atoms with E-state index in [1.54, 1.807) is 6.33 Å². The molecule has 2 rings (SSSR count). The third-order valence-corrected chi connectivity index (χ3v) is 2.52. The Morgan fingerprint density at radius 2 is 2.18 bits per heavy atom. The van der Waals surface area contributed by atoms with Gasteiger partial charge in [-0.15, -0.1) is 0 Å². The van der Waals surface area contributed by atoms with Gasteiger partial charge in [-0.3, -0.25) is 0 Å². The molecular formula is C11H16ClN5. The van der Waals surface area contributed by atoms with Crippen molar-refractivity contribution in [3.05, 3.63) is 11.6 Å². The Bertz CT molecular complexity index is 520. The summed E-state index contributed by atoms with van der Waals surface area (Å²) in [5, 5.41) is 3.42. The van der Waals surface area contributed by atoms with Gasteiger partial charge in [0.1, 0.15) is 5.52 Å². The van der Waals surface area contributed by atoms with E-state index >= 15 is 0 Å². The van der Waals surface area contributed by atoms with E-state index in [0.717, 1.165) is 24.4 Å². The minimum Gasteiger partial charge on any atom is -0.368 e. The summed E-state index contributed by atoms with van der Waals surface area (Å²) in [4.78, 5) is 12.6. The first-order valence-corrected chi connectivity index (χ1v) is 6.11. The molecule has 0 aliphatic rings. The van der Waals surface area contributed by atoms with Gasteiger partial charge in [-0.25, -0.2) is 4.98 Å². The second kappa shape index (κ2) is 4.87. The summed E-state index contributed by atoms with van der Waals surface area (Å²) in [6.07, 6.45) is 1.79. The van der Waals surface area contributed by atoms with E-state index in [2.05, 4.69) is 38.7 Å². The SMILES string of the molecule is CCNc1nc(Cl)nc2ncn(CC(C)C)c12. The van der Waals surface area contributed by atoms with Crippen LogP contribution < -0.4 is 5.32 Å². The minimum absolute atomic E-state index is 0.225. The van der Waals surface area contributed by atoms with E-state index in [1.165, 1.54) is 0 Å². The third kappa shape index (κ3) is 2.49. The van der Waals surface area contributed by atoms with Crippen molar-refractivity contribution in [1.82, 2.24) is 19.5 Å². The minimum atomic E-state index is 0.225. The van der Waals surface area contributed by atoms with E-state index < -0.39 is 0 Å². The average molecular weight is 254 g/mol. The Balaban J connectivity index is 2.55. The van der Waals surface area contributed by atoms with Crippen molar-refractivity contribution in [1.29, 1.82) is 0 Å². The summed E-state index contributed by atoms with van der Waals surface area (Å²) >= 11 is 5.86. The van der Waals surface area contributed by atoms with Crippen LogP contribution in [0.2, 0.25) is 5.28 Å². The van der Waals surface area contributed by atoms with Gasteiger partial charge in [0.2, 0.25) is 5.28 Å². The van der Waals surface area contributed by atoms with Crippen LogP contribution in [0.1, 0.15) is 20.8 Å². The fourth-order valence-corrected chi connectivity index (χ4v) is 1.94. The van der Waals surface area contributed by atoms with Crippen LogP contribution in [0.25, 0.3) is 11.2 Å². The highest BCUT2D eigenvalue weighted by Gasteiger charge is 2.12. The van der Waals surface area contributed by atoms with Crippen molar-refractivity contribution in [3.8, 4) is 0 Å². The number of fused-ring (bicyclic) bond motifs is 1. The highest BCUT2D eigenvalue weighted by Crippen LogP contribution is 2.22. The van der Waals surface area contributed by atoms with Gasteiger partial charge in [-0.1, -0.05) is 13.8 Å². The van der Waals surface area contributed by atoms with Crippen LogP contribution in [-0.2, 0) is 6.54 Å². The van der Waals surface area contributed by atoms with Crippen LogP contribution in [0.3, 0.4) is 0 Å². The second-order valence-electron chi connectivity index (χ2n) is 4.33. The molecule has 6 heteroatoms. The quantitative estimate of drug-likeness (QED) is 0.851. The van der Waals surface area contributed by atoms with Crippen molar-refractivity contribution in [2.75, 3.05) is 11.9 Å². The van der Waals surface area contributed by atoms with Gasteiger partial charge in [0.15, 0.2) is 11.5 Å². The lowest BCUT2D eigenvalue weighted by atomic mass is 10.2. The first kappa shape index (κ1) is 12.1. The molecule has 2 heterocycles. The molecule has 1 N–H and O–H groups in total. The van der Waals surface area contributed by atoms with E-state index in [9.17, 15) is 0 Å². The number of hydrogen-bond acceptors (Lipinski definition) is 4. The molecule has 0 saturated heterocycles. The van der Waals surface area contributed by atoms with Crippen LogP contribution in [0.4, 0.5) is 5.82 Å². The summed E-state index contributed by atoms with van der Waals surface area (Å²) in [6, 6.07) is 0.